The molecule has 0 N–H and O–H groups in total. The highest BCUT2D eigenvalue weighted by Gasteiger charge is 2.08. The predicted molar refractivity (Wildman–Crippen MR) is 76.6 cm³/mol. The van der Waals surface area contributed by atoms with E-state index in [1.807, 2.05) is 12.2 Å². The number of ether oxygens (including phenoxy) is 1. The molecule has 17 heavy (non-hydrogen) atoms. The van der Waals surface area contributed by atoms with Gasteiger partial charge in [-0.25, -0.2) is 4.98 Å². The van der Waals surface area contributed by atoms with Gasteiger partial charge < -0.3 is 4.74 Å². The molecule has 1 rings (SSSR count). The fourth-order valence-corrected chi connectivity index (χ4v) is 2.12. The van der Waals surface area contributed by atoms with Crippen molar-refractivity contribution in [3.05, 3.63) is 59.8 Å². The Morgan fingerprint density at radius 3 is 2.53 bits per heavy atom. The number of hydrogen-bond acceptors (Lipinski definition) is 3. The molecule has 0 aliphatic carbocycles. The number of hydrogen-bond donors (Lipinski definition) is 0. The minimum atomic E-state index is 0.842. The highest BCUT2D eigenvalue weighted by Crippen LogP contribution is 2.27. The molecule has 1 aromatic heterocycles. The van der Waals surface area contributed by atoms with Crippen LogP contribution in [0.1, 0.15) is 15.6 Å². The van der Waals surface area contributed by atoms with E-state index in [1.165, 1.54) is 0 Å². The molecule has 0 spiro atoms. The summed E-state index contributed by atoms with van der Waals surface area (Å²) in [5.41, 5.74) is 1.74. The van der Waals surface area contributed by atoms with E-state index in [2.05, 4.69) is 24.7 Å². The molecule has 0 aromatic carbocycles. The monoisotopic (exact) mass is 245 g/mol. The molecule has 1 heterocycles. The first-order chi connectivity index (χ1) is 8.26. The van der Waals surface area contributed by atoms with Gasteiger partial charge in [-0.05, 0) is 18.2 Å². The van der Waals surface area contributed by atoms with Crippen molar-refractivity contribution in [1.82, 2.24) is 4.98 Å². The van der Waals surface area contributed by atoms with Crippen molar-refractivity contribution >= 4 is 29.1 Å². The van der Waals surface area contributed by atoms with Crippen LogP contribution in [0.25, 0.3) is 17.7 Å². The van der Waals surface area contributed by atoms with Crippen molar-refractivity contribution < 1.29 is 4.74 Å². The SMILES string of the molecule is C=C/C=C\C(=C\OC)c1nc(C=C)c(C=C)s1. The van der Waals surface area contributed by atoms with Crippen molar-refractivity contribution in [2.75, 3.05) is 7.11 Å². The summed E-state index contributed by atoms with van der Waals surface area (Å²) in [5, 5.41) is 0.870. The number of aromatic nitrogens is 1. The van der Waals surface area contributed by atoms with Crippen LogP contribution in [0.3, 0.4) is 0 Å². The first-order valence-corrected chi connectivity index (χ1v) is 5.86. The van der Waals surface area contributed by atoms with Crippen LogP contribution in [-0.4, -0.2) is 12.1 Å². The molecule has 3 heteroatoms. The maximum absolute atomic E-state index is 5.04. The molecule has 0 atom stereocenters. The lowest BCUT2D eigenvalue weighted by atomic mass is 10.2. The van der Waals surface area contributed by atoms with Gasteiger partial charge in [0.15, 0.2) is 0 Å². The van der Waals surface area contributed by atoms with Gasteiger partial charge in [0.1, 0.15) is 5.01 Å². The highest BCUT2D eigenvalue weighted by atomic mass is 32.1. The Morgan fingerprint density at radius 2 is 2.06 bits per heavy atom. The summed E-state index contributed by atoms with van der Waals surface area (Å²) < 4.78 is 5.04. The molecule has 2 nitrogen and oxygen atoms in total. The largest absolute Gasteiger partial charge is 0.504 e. The summed E-state index contributed by atoms with van der Waals surface area (Å²) in [5.74, 6) is 0. The number of rotatable bonds is 6. The van der Waals surface area contributed by atoms with E-state index in [1.54, 1.807) is 42.9 Å². The maximum atomic E-state index is 5.04. The molecule has 1 aromatic rings. The molecule has 0 fully saturated rings. The third kappa shape index (κ3) is 3.29. The summed E-state index contributed by atoms with van der Waals surface area (Å²) in [6.45, 7) is 11.1. The molecule has 0 amide bonds. The molecule has 0 saturated heterocycles. The van der Waals surface area contributed by atoms with E-state index >= 15 is 0 Å². The standard InChI is InChI=1S/C14H15NOS/c1-5-8-9-11(10-16-4)14-15-12(6-2)13(7-3)17-14/h5-10H,1-3H2,4H3/b9-8-,11-10-. The van der Waals surface area contributed by atoms with Crippen molar-refractivity contribution in [2.45, 2.75) is 0 Å². The fraction of sp³-hybridized carbons (Fsp3) is 0.0714. The van der Waals surface area contributed by atoms with Crippen LogP contribution in [0, 0.1) is 0 Å². The Bertz CT molecular complexity index is 455. The first kappa shape index (κ1) is 13.2. The molecule has 0 radical (unpaired) electrons. The van der Waals surface area contributed by atoms with Crippen LogP contribution in [0.4, 0.5) is 0 Å². The Balaban J connectivity index is 3.19. The number of thiazole rings is 1. The van der Waals surface area contributed by atoms with E-state index in [9.17, 15) is 0 Å². The smallest absolute Gasteiger partial charge is 0.127 e. The van der Waals surface area contributed by atoms with Gasteiger partial charge in [-0.3, -0.25) is 0 Å². The minimum Gasteiger partial charge on any atom is -0.504 e. The molecule has 0 aliphatic rings. The van der Waals surface area contributed by atoms with Crippen molar-refractivity contribution in [3.8, 4) is 0 Å². The lowest BCUT2D eigenvalue weighted by Crippen LogP contribution is -1.82. The summed E-state index contributed by atoms with van der Waals surface area (Å²) in [7, 11) is 1.61. The second kappa shape index (κ2) is 6.66. The average molecular weight is 245 g/mol. The first-order valence-electron chi connectivity index (χ1n) is 5.05. The second-order valence-electron chi connectivity index (χ2n) is 3.08. The Morgan fingerprint density at radius 1 is 1.29 bits per heavy atom. The molecule has 0 bridgehead atoms. The van der Waals surface area contributed by atoms with Crippen LogP contribution >= 0.6 is 11.3 Å². The van der Waals surface area contributed by atoms with E-state index in [0.29, 0.717) is 0 Å². The van der Waals surface area contributed by atoms with Crippen LogP contribution in [0.2, 0.25) is 0 Å². The molecule has 0 aliphatic heterocycles. The van der Waals surface area contributed by atoms with E-state index in [4.69, 9.17) is 4.74 Å². The molecule has 0 unspecified atom stereocenters. The third-order valence-corrected chi connectivity index (χ3v) is 3.08. The molecular formula is C14H15NOS. The third-order valence-electron chi connectivity index (χ3n) is 1.96. The number of methoxy groups -OCH3 is 1. The summed E-state index contributed by atoms with van der Waals surface area (Å²) in [6, 6.07) is 0. The van der Waals surface area contributed by atoms with E-state index in [-0.39, 0.29) is 0 Å². The zero-order valence-corrected chi connectivity index (χ0v) is 10.7. The van der Waals surface area contributed by atoms with Gasteiger partial charge in [-0.15, -0.1) is 11.3 Å². The predicted octanol–water partition coefficient (Wildman–Crippen LogP) is 4.16. The maximum Gasteiger partial charge on any atom is 0.127 e. The van der Waals surface area contributed by atoms with Gasteiger partial charge in [0, 0.05) is 5.57 Å². The second-order valence-corrected chi connectivity index (χ2v) is 4.11. The van der Waals surface area contributed by atoms with Crippen molar-refractivity contribution in [1.29, 1.82) is 0 Å². The van der Waals surface area contributed by atoms with E-state index in [0.717, 1.165) is 21.2 Å². The van der Waals surface area contributed by atoms with E-state index < -0.39 is 0 Å². The summed E-state index contributed by atoms with van der Waals surface area (Å²) in [4.78, 5) is 5.47. The van der Waals surface area contributed by atoms with Gasteiger partial charge >= 0.3 is 0 Å². The van der Waals surface area contributed by atoms with Gasteiger partial charge in [-0.1, -0.05) is 31.9 Å². The van der Waals surface area contributed by atoms with Crippen LogP contribution in [-0.2, 0) is 4.74 Å². The lowest BCUT2D eigenvalue weighted by molar-refractivity contribution is 0.340. The minimum absolute atomic E-state index is 0.842. The zero-order valence-electron chi connectivity index (χ0n) is 9.85. The topological polar surface area (TPSA) is 22.1 Å². The molecule has 88 valence electrons. The lowest BCUT2D eigenvalue weighted by Gasteiger charge is -1.96. The zero-order chi connectivity index (χ0) is 12.7. The Hall–Kier alpha value is -1.87. The quantitative estimate of drug-likeness (QED) is 0.554. The van der Waals surface area contributed by atoms with Crippen molar-refractivity contribution in [3.63, 3.8) is 0 Å². The van der Waals surface area contributed by atoms with Gasteiger partial charge in [-0.2, -0.15) is 0 Å². The summed E-state index contributed by atoms with van der Waals surface area (Å²) >= 11 is 1.55. The normalized spacial score (nSPS) is 11.5. The number of nitrogens with zero attached hydrogens (tertiary/aromatic N) is 1. The average Bonchev–Trinajstić information content (AvgIpc) is 2.77. The van der Waals surface area contributed by atoms with Crippen molar-refractivity contribution in [2.24, 2.45) is 0 Å². The van der Waals surface area contributed by atoms with Crippen LogP contribution < -0.4 is 0 Å². The molecular weight excluding hydrogens is 230 g/mol. The fourth-order valence-electron chi connectivity index (χ4n) is 1.22. The van der Waals surface area contributed by atoms with Gasteiger partial charge in [0.2, 0.25) is 0 Å². The Kier molecular flexibility index (Phi) is 5.17. The number of allylic oxidation sites excluding steroid dienone is 4. The van der Waals surface area contributed by atoms with Crippen LogP contribution in [0.15, 0.2) is 44.2 Å². The molecule has 0 saturated carbocycles. The van der Waals surface area contributed by atoms with Crippen LogP contribution in [0.5, 0.6) is 0 Å². The Labute approximate surface area is 106 Å². The van der Waals surface area contributed by atoms with Gasteiger partial charge in [0.05, 0.1) is 23.9 Å². The summed E-state index contributed by atoms with van der Waals surface area (Å²) in [6.07, 6.45) is 10.6. The van der Waals surface area contributed by atoms with Gasteiger partial charge in [0.25, 0.3) is 0 Å². The highest BCUT2D eigenvalue weighted by molar-refractivity contribution is 7.13.